The van der Waals surface area contributed by atoms with Crippen molar-refractivity contribution in [2.75, 3.05) is 6.54 Å². The highest BCUT2D eigenvalue weighted by Gasteiger charge is 2.06. The molecule has 1 aromatic carbocycles. The Kier molecular flexibility index (Phi) is 5.44. The van der Waals surface area contributed by atoms with E-state index in [4.69, 9.17) is 4.74 Å². The third-order valence-electron chi connectivity index (χ3n) is 3.44. The third-order valence-corrected chi connectivity index (χ3v) is 3.44. The number of ether oxygens (including phenoxy) is 1. The second-order valence-electron chi connectivity index (χ2n) is 5.22. The van der Waals surface area contributed by atoms with Crippen LogP contribution in [0.4, 0.5) is 0 Å². The number of nitrogens with one attached hydrogen (secondary N) is 1. The number of rotatable bonds is 7. The molecule has 3 aromatic rings. The molecule has 0 aliphatic rings. The van der Waals surface area contributed by atoms with Crippen molar-refractivity contribution < 1.29 is 9.84 Å². The van der Waals surface area contributed by atoms with Gasteiger partial charge in [-0.3, -0.25) is 9.97 Å². The number of nitrogens with zero attached hydrogens (tertiary/aromatic N) is 3. The highest BCUT2D eigenvalue weighted by atomic mass is 16.5. The molecule has 3 rings (SSSR count). The summed E-state index contributed by atoms with van der Waals surface area (Å²) in [4.78, 5) is 12.0. The Morgan fingerprint density at radius 2 is 1.75 bits per heavy atom. The first-order valence-corrected chi connectivity index (χ1v) is 7.63. The van der Waals surface area contributed by atoms with Gasteiger partial charge in [0.15, 0.2) is 0 Å². The molecule has 0 aliphatic heterocycles. The van der Waals surface area contributed by atoms with Gasteiger partial charge in [0.25, 0.3) is 0 Å². The SMILES string of the molecule is OC(CNCc1ccc(Oc2cnccn2)cc1)c1ccncc1. The van der Waals surface area contributed by atoms with Crippen molar-refractivity contribution in [3.8, 4) is 11.6 Å². The lowest BCUT2D eigenvalue weighted by Gasteiger charge is -2.12. The normalized spacial score (nSPS) is 11.9. The van der Waals surface area contributed by atoms with Crippen molar-refractivity contribution in [1.29, 1.82) is 0 Å². The van der Waals surface area contributed by atoms with E-state index in [1.807, 2.05) is 36.4 Å². The molecule has 24 heavy (non-hydrogen) atoms. The summed E-state index contributed by atoms with van der Waals surface area (Å²) < 4.78 is 5.59. The third kappa shape index (κ3) is 4.58. The first kappa shape index (κ1) is 16.0. The Labute approximate surface area is 140 Å². The zero-order valence-corrected chi connectivity index (χ0v) is 13.0. The van der Waals surface area contributed by atoms with E-state index in [1.165, 1.54) is 0 Å². The van der Waals surface area contributed by atoms with Crippen LogP contribution in [-0.4, -0.2) is 26.6 Å². The molecule has 2 aromatic heterocycles. The standard InChI is InChI=1S/C18H18N4O2/c23-17(15-5-7-19-8-6-15)12-21-11-14-1-3-16(4-2-14)24-18-13-20-9-10-22-18/h1-10,13,17,21,23H,11-12H2. The molecule has 0 saturated heterocycles. The van der Waals surface area contributed by atoms with Crippen LogP contribution in [0.2, 0.25) is 0 Å². The minimum Gasteiger partial charge on any atom is -0.438 e. The maximum atomic E-state index is 10.1. The molecular weight excluding hydrogens is 304 g/mol. The van der Waals surface area contributed by atoms with Crippen molar-refractivity contribution in [3.05, 3.63) is 78.5 Å². The minimum atomic E-state index is -0.549. The van der Waals surface area contributed by atoms with Gasteiger partial charge in [0, 0.05) is 37.9 Å². The van der Waals surface area contributed by atoms with Crippen LogP contribution in [0.15, 0.2) is 67.4 Å². The van der Waals surface area contributed by atoms with Gasteiger partial charge in [0.05, 0.1) is 12.3 Å². The maximum Gasteiger partial charge on any atom is 0.237 e. The number of aromatic nitrogens is 3. The number of aliphatic hydroxyl groups is 1. The summed E-state index contributed by atoms with van der Waals surface area (Å²) in [7, 11) is 0. The largest absolute Gasteiger partial charge is 0.438 e. The van der Waals surface area contributed by atoms with Gasteiger partial charge >= 0.3 is 0 Å². The van der Waals surface area contributed by atoms with Crippen LogP contribution in [0.3, 0.4) is 0 Å². The van der Waals surface area contributed by atoms with E-state index >= 15 is 0 Å². The topological polar surface area (TPSA) is 80.2 Å². The van der Waals surface area contributed by atoms with Crippen LogP contribution in [0.5, 0.6) is 11.6 Å². The average Bonchev–Trinajstić information content (AvgIpc) is 2.65. The number of benzene rings is 1. The van der Waals surface area contributed by atoms with Gasteiger partial charge < -0.3 is 15.2 Å². The van der Waals surface area contributed by atoms with Gasteiger partial charge in [-0.25, -0.2) is 4.98 Å². The lowest BCUT2D eigenvalue weighted by Crippen LogP contribution is -2.21. The van der Waals surface area contributed by atoms with Gasteiger partial charge in [0.1, 0.15) is 5.75 Å². The quantitative estimate of drug-likeness (QED) is 0.695. The zero-order chi connectivity index (χ0) is 16.6. The number of hydrogen-bond donors (Lipinski definition) is 2. The van der Waals surface area contributed by atoms with Crippen LogP contribution in [-0.2, 0) is 6.54 Å². The number of aliphatic hydroxyl groups excluding tert-OH is 1. The van der Waals surface area contributed by atoms with Crippen molar-refractivity contribution in [3.63, 3.8) is 0 Å². The minimum absolute atomic E-state index is 0.462. The summed E-state index contributed by atoms with van der Waals surface area (Å²) in [5.74, 6) is 1.17. The van der Waals surface area contributed by atoms with Crippen LogP contribution in [0, 0.1) is 0 Å². The number of pyridine rings is 1. The van der Waals surface area contributed by atoms with E-state index in [1.54, 1.807) is 31.0 Å². The molecule has 2 heterocycles. The van der Waals surface area contributed by atoms with Crippen LogP contribution >= 0.6 is 0 Å². The van der Waals surface area contributed by atoms with Crippen LogP contribution in [0.25, 0.3) is 0 Å². The first-order chi connectivity index (χ1) is 11.8. The Morgan fingerprint density at radius 3 is 2.46 bits per heavy atom. The smallest absolute Gasteiger partial charge is 0.237 e. The molecule has 2 N–H and O–H groups in total. The molecule has 0 radical (unpaired) electrons. The van der Waals surface area contributed by atoms with Gasteiger partial charge in [0.2, 0.25) is 5.88 Å². The van der Waals surface area contributed by atoms with E-state index in [9.17, 15) is 5.11 Å². The lowest BCUT2D eigenvalue weighted by molar-refractivity contribution is 0.174. The Bertz CT molecular complexity index is 736. The van der Waals surface area contributed by atoms with Gasteiger partial charge in [-0.1, -0.05) is 12.1 Å². The fourth-order valence-electron chi connectivity index (χ4n) is 2.19. The fraction of sp³-hybridized carbons (Fsp3) is 0.167. The summed E-state index contributed by atoms with van der Waals surface area (Å²) in [5, 5.41) is 13.3. The van der Waals surface area contributed by atoms with Crippen molar-refractivity contribution >= 4 is 0 Å². The molecule has 122 valence electrons. The van der Waals surface area contributed by atoms with Crippen molar-refractivity contribution in [1.82, 2.24) is 20.3 Å². The monoisotopic (exact) mass is 322 g/mol. The van der Waals surface area contributed by atoms with E-state index < -0.39 is 6.10 Å². The van der Waals surface area contributed by atoms with E-state index in [0.29, 0.717) is 24.7 Å². The molecule has 1 atom stereocenters. The van der Waals surface area contributed by atoms with E-state index in [2.05, 4.69) is 20.3 Å². The van der Waals surface area contributed by atoms with Gasteiger partial charge in [-0.05, 0) is 35.4 Å². The van der Waals surface area contributed by atoms with Crippen molar-refractivity contribution in [2.24, 2.45) is 0 Å². The second-order valence-corrected chi connectivity index (χ2v) is 5.22. The van der Waals surface area contributed by atoms with Gasteiger partial charge in [-0.15, -0.1) is 0 Å². The molecule has 6 heteroatoms. The Morgan fingerprint density at radius 1 is 0.958 bits per heavy atom. The molecule has 0 saturated carbocycles. The molecule has 0 amide bonds. The lowest BCUT2D eigenvalue weighted by atomic mass is 10.1. The maximum absolute atomic E-state index is 10.1. The van der Waals surface area contributed by atoms with E-state index in [-0.39, 0.29) is 0 Å². The Hall–Kier alpha value is -2.83. The van der Waals surface area contributed by atoms with Crippen LogP contribution in [0.1, 0.15) is 17.2 Å². The summed E-state index contributed by atoms with van der Waals surface area (Å²) in [5.41, 5.74) is 1.95. The molecule has 0 spiro atoms. The zero-order valence-electron chi connectivity index (χ0n) is 13.0. The molecule has 0 aliphatic carbocycles. The summed E-state index contributed by atoms with van der Waals surface area (Å²) in [6, 6.07) is 11.3. The predicted molar refractivity (Wildman–Crippen MR) is 89.5 cm³/mol. The van der Waals surface area contributed by atoms with Gasteiger partial charge in [-0.2, -0.15) is 0 Å². The average molecular weight is 322 g/mol. The summed E-state index contributed by atoms with van der Waals surface area (Å²) >= 11 is 0. The van der Waals surface area contributed by atoms with Crippen LogP contribution < -0.4 is 10.1 Å². The molecule has 0 fully saturated rings. The molecule has 6 nitrogen and oxygen atoms in total. The molecular formula is C18H18N4O2. The molecule has 1 unspecified atom stereocenters. The number of hydrogen-bond acceptors (Lipinski definition) is 6. The second kappa shape index (κ2) is 8.14. The highest BCUT2D eigenvalue weighted by Crippen LogP contribution is 2.18. The fourth-order valence-corrected chi connectivity index (χ4v) is 2.19. The highest BCUT2D eigenvalue weighted by molar-refractivity contribution is 5.29. The first-order valence-electron chi connectivity index (χ1n) is 7.63. The molecule has 0 bridgehead atoms. The summed E-state index contributed by atoms with van der Waals surface area (Å²) in [6.45, 7) is 1.13. The summed E-state index contributed by atoms with van der Waals surface area (Å²) in [6.07, 6.45) is 7.55. The van der Waals surface area contributed by atoms with E-state index in [0.717, 1.165) is 11.1 Å². The van der Waals surface area contributed by atoms with Crippen molar-refractivity contribution in [2.45, 2.75) is 12.6 Å². The Balaban J connectivity index is 1.48. The predicted octanol–water partition coefficient (Wildman–Crippen LogP) is 2.49.